The molecule has 0 aromatic heterocycles. The molecule has 2 aliphatic heterocycles. The SMILES string of the molecule is CCOC(=O)Oc1ccc(C(=O)N2CCCN(C(=O)CN3C(=O)c4ccccc4C3=O)CC2)cc1. The second-order valence-corrected chi connectivity index (χ2v) is 8.08. The molecule has 35 heavy (non-hydrogen) atoms. The summed E-state index contributed by atoms with van der Waals surface area (Å²) in [7, 11) is 0. The average Bonchev–Trinajstić information content (AvgIpc) is 3.02. The molecule has 182 valence electrons. The van der Waals surface area contributed by atoms with Gasteiger partial charge >= 0.3 is 6.16 Å². The highest BCUT2D eigenvalue weighted by atomic mass is 16.7. The standard InChI is InChI=1S/C25H25N3O7/c1-2-34-25(33)35-18-10-8-17(9-11-18)22(30)27-13-5-12-26(14-15-27)21(29)16-28-23(31)19-6-3-4-7-20(19)24(28)32/h3-4,6-11H,2,5,12-16H2,1H3. The first-order chi connectivity index (χ1) is 16.9. The molecule has 10 nitrogen and oxygen atoms in total. The Kier molecular flexibility index (Phi) is 7.09. The predicted octanol–water partition coefficient (Wildman–Crippen LogP) is 2.19. The molecule has 1 saturated heterocycles. The van der Waals surface area contributed by atoms with E-state index in [0.717, 1.165) is 4.90 Å². The minimum Gasteiger partial charge on any atom is -0.434 e. The van der Waals surface area contributed by atoms with E-state index >= 15 is 0 Å². The maximum atomic E-state index is 12.9. The van der Waals surface area contributed by atoms with E-state index < -0.39 is 18.0 Å². The van der Waals surface area contributed by atoms with E-state index in [-0.39, 0.29) is 37.3 Å². The first-order valence-corrected chi connectivity index (χ1v) is 11.4. The topological polar surface area (TPSA) is 114 Å². The van der Waals surface area contributed by atoms with Crippen molar-refractivity contribution in [2.45, 2.75) is 13.3 Å². The number of hydrogen-bond acceptors (Lipinski definition) is 7. The summed E-state index contributed by atoms with van der Waals surface area (Å²) >= 11 is 0. The van der Waals surface area contributed by atoms with E-state index in [1.165, 1.54) is 12.1 Å². The van der Waals surface area contributed by atoms with Crippen LogP contribution in [-0.4, -0.2) is 83.8 Å². The Balaban J connectivity index is 1.33. The van der Waals surface area contributed by atoms with Crippen molar-refractivity contribution in [3.05, 3.63) is 65.2 Å². The summed E-state index contributed by atoms with van der Waals surface area (Å²) in [5.74, 6) is -1.22. The third-order valence-electron chi connectivity index (χ3n) is 5.87. The second kappa shape index (κ2) is 10.4. The first kappa shape index (κ1) is 23.9. The highest BCUT2D eigenvalue weighted by Gasteiger charge is 2.37. The lowest BCUT2D eigenvalue weighted by atomic mass is 10.1. The van der Waals surface area contributed by atoms with Crippen LogP contribution in [0.3, 0.4) is 0 Å². The van der Waals surface area contributed by atoms with Gasteiger partial charge in [-0.2, -0.15) is 0 Å². The Morgan fingerprint density at radius 3 is 2.06 bits per heavy atom. The van der Waals surface area contributed by atoms with E-state index in [2.05, 4.69) is 0 Å². The lowest BCUT2D eigenvalue weighted by molar-refractivity contribution is -0.131. The molecule has 0 unspecified atom stereocenters. The average molecular weight is 479 g/mol. The van der Waals surface area contributed by atoms with Crippen molar-refractivity contribution in [2.75, 3.05) is 39.3 Å². The summed E-state index contributed by atoms with van der Waals surface area (Å²) in [5.41, 5.74) is 1.03. The van der Waals surface area contributed by atoms with Gasteiger partial charge in [0, 0.05) is 31.7 Å². The van der Waals surface area contributed by atoms with Crippen molar-refractivity contribution >= 4 is 29.8 Å². The number of carbonyl (C=O) groups is 5. The fourth-order valence-electron chi connectivity index (χ4n) is 4.08. The minimum atomic E-state index is -0.815. The first-order valence-electron chi connectivity index (χ1n) is 11.4. The monoisotopic (exact) mass is 479 g/mol. The lowest BCUT2D eigenvalue weighted by Gasteiger charge is -2.24. The molecule has 0 bridgehead atoms. The highest BCUT2D eigenvalue weighted by Crippen LogP contribution is 2.22. The van der Waals surface area contributed by atoms with Crippen molar-refractivity contribution in [2.24, 2.45) is 0 Å². The minimum absolute atomic E-state index is 0.197. The zero-order chi connectivity index (χ0) is 24.9. The van der Waals surface area contributed by atoms with Crippen LogP contribution in [-0.2, 0) is 9.53 Å². The zero-order valence-corrected chi connectivity index (χ0v) is 19.3. The van der Waals surface area contributed by atoms with Crippen LogP contribution in [0.4, 0.5) is 4.79 Å². The van der Waals surface area contributed by atoms with Gasteiger partial charge in [0.15, 0.2) is 0 Å². The second-order valence-electron chi connectivity index (χ2n) is 8.08. The van der Waals surface area contributed by atoms with Gasteiger partial charge in [-0.15, -0.1) is 0 Å². The van der Waals surface area contributed by atoms with E-state index in [1.54, 1.807) is 53.1 Å². The van der Waals surface area contributed by atoms with Crippen LogP contribution in [0.5, 0.6) is 5.75 Å². The molecule has 0 atom stereocenters. The van der Waals surface area contributed by atoms with Crippen LogP contribution in [0.25, 0.3) is 0 Å². The summed E-state index contributed by atoms with van der Waals surface area (Å²) in [5, 5.41) is 0. The van der Waals surface area contributed by atoms with E-state index in [0.29, 0.717) is 42.7 Å². The van der Waals surface area contributed by atoms with Gasteiger partial charge in [0.25, 0.3) is 17.7 Å². The van der Waals surface area contributed by atoms with Crippen LogP contribution < -0.4 is 4.74 Å². The maximum Gasteiger partial charge on any atom is 0.513 e. The van der Waals surface area contributed by atoms with Crippen LogP contribution in [0.2, 0.25) is 0 Å². The molecule has 0 spiro atoms. The Bertz CT molecular complexity index is 1130. The summed E-state index contributed by atoms with van der Waals surface area (Å²) in [6.07, 6.45) is -0.256. The van der Waals surface area contributed by atoms with Crippen molar-refractivity contribution in [3.63, 3.8) is 0 Å². The van der Waals surface area contributed by atoms with Gasteiger partial charge in [-0.3, -0.25) is 24.1 Å². The summed E-state index contributed by atoms with van der Waals surface area (Å²) in [4.78, 5) is 66.6. The Morgan fingerprint density at radius 2 is 1.43 bits per heavy atom. The molecule has 4 amide bonds. The van der Waals surface area contributed by atoms with Gasteiger partial charge < -0.3 is 19.3 Å². The van der Waals surface area contributed by atoms with E-state index in [4.69, 9.17) is 9.47 Å². The largest absolute Gasteiger partial charge is 0.513 e. The molecule has 2 aromatic rings. The van der Waals surface area contributed by atoms with Gasteiger partial charge in [-0.05, 0) is 49.7 Å². The zero-order valence-electron chi connectivity index (χ0n) is 19.3. The summed E-state index contributed by atoms with van der Waals surface area (Å²) < 4.78 is 9.73. The molecular weight excluding hydrogens is 454 g/mol. The normalized spacial score (nSPS) is 15.5. The third kappa shape index (κ3) is 5.16. The van der Waals surface area contributed by atoms with E-state index in [1.807, 2.05) is 0 Å². The van der Waals surface area contributed by atoms with Gasteiger partial charge in [0.1, 0.15) is 12.3 Å². The Morgan fingerprint density at radius 1 is 0.829 bits per heavy atom. The van der Waals surface area contributed by atoms with E-state index in [9.17, 15) is 24.0 Å². The molecule has 0 radical (unpaired) electrons. The quantitative estimate of drug-likeness (QED) is 0.367. The third-order valence-corrected chi connectivity index (χ3v) is 5.87. The smallest absolute Gasteiger partial charge is 0.434 e. The number of nitrogens with zero attached hydrogens (tertiary/aromatic N) is 3. The molecule has 2 aliphatic rings. The fraction of sp³-hybridized carbons (Fsp3) is 0.320. The van der Waals surface area contributed by atoms with Crippen molar-refractivity contribution in [1.82, 2.24) is 14.7 Å². The molecule has 4 rings (SSSR count). The predicted molar refractivity (Wildman–Crippen MR) is 123 cm³/mol. The van der Waals surface area contributed by atoms with Gasteiger partial charge in [0.05, 0.1) is 17.7 Å². The molecule has 0 saturated carbocycles. The Hall–Kier alpha value is -4.21. The number of imide groups is 1. The molecule has 2 aromatic carbocycles. The van der Waals surface area contributed by atoms with Crippen LogP contribution in [0, 0.1) is 0 Å². The number of benzene rings is 2. The number of carbonyl (C=O) groups excluding carboxylic acids is 5. The number of fused-ring (bicyclic) bond motifs is 1. The molecular formula is C25H25N3O7. The Labute approximate surface area is 202 Å². The summed E-state index contributed by atoms with van der Waals surface area (Å²) in [6, 6.07) is 12.7. The summed E-state index contributed by atoms with van der Waals surface area (Å²) in [6.45, 7) is 3.01. The highest BCUT2D eigenvalue weighted by molar-refractivity contribution is 6.22. The molecule has 10 heteroatoms. The molecule has 0 aliphatic carbocycles. The van der Waals surface area contributed by atoms with Crippen LogP contribution >= 0.6 is 0 Å². The van der Waals surface area contributed by atoms with Crippen molar-refractivity contribution < 1.29 is 33.4 Å². The van der Waals surface area contributed by atoms with Crippen molar-refractivity contribution in [1.29, 1.82) is 0 Å². The van der Waals surface area contributed by atoms with Gasteiger partial charge in [-0.1, -0.05) is 12.1 Å². The number of rotatable bonds is 5. The lowest BCUT2D eigenvalue weighted by Crippen LogP contribution is -2.44. The van der Waals surface area contributed by atoms with Crippen molar-refractivity contribution in [3.8, 4) is 5.75 Å². The maximum absolute atomic E-state index is 12.9. The number of amides is 4. The number of hydrogen-bond donors (Lipinski definition) is 0. The van der Waals surface area contributed by atoms with Crippen LogP contribution in [0.15, 0.2) is 48.5 Å². The fourth-order valence-corrected chi connectivity index (χ4v) is 4.08. The molecule has 2 heterocycles. The van der Waals surface area contributed by atoms with Crippen LogP contribution in [0.1, 0.15) is 44.4 Å². The molecule has 0 N–H and O–H groups in total. The van der Waals surface area contributed by atoms with Gasteiger partial charge in [-0.25, -0.2) is 4.79 Å². The van der Waals surface area contributed by atoms with Gasteiger partial charge in [0.2, 0.25) is 5.91 Å². The molecule has 1 fully saturated rings. The number of ether oxygens (including phenoxy) is 2.